The van der Waals surface area contributed by atoms with E-state index in [2.05, 4.69) is 15.0 Å². The fraction of sp³-hybridized carbons (Fsp3) is 0.323. The first-order valence-corrected chi connectivity index (χ1v) is 14.3. The molecule has 2 aromatic heterocycles. The second-order valence-corrected chi connectivity index (χ2v) is 11.1. The zero-order valence-electron chi connectivity index (χ0n) is 23.6. The summed E-state index contributed by atoms with van der Waals surface area (Å²) in [5, 5.41) is 13.1. The van der Waals surface area contributed by atoms with Gasteiger partial charge in [0.1, 0.15) is 17.9 Å². The number of rotatable bonds is 10. The normalized spacial score (nSPS) is 15.8. The molecule has 5 rings (SSSR count). The van der Waals surface area contributed by atoms with Gasteiger partial charge < -0.3 is 14.7 Å². The van der Waals surface area contributed by atoms with Gasteiger partial charge in [-0.1, -0.05) is 48.0 Å². The van der Waals surface area contributed by atoms with Crippen LogP contribution in [0.3, 0.4) is 0 Å². The van der Waals surface area contributed by atoms with Crippen LogP contribution in [-0.2, 0) is 12.8 Å². The maximum Gasteiger partial charge on any atom is 0.434 e. The van der Waals surface area contributed by atoms with Crippen LogP contribution in [-0.4, -0.2) is 56.6 Å². The van der Waals surface area contributed by atoms with Gasteiger partial charge in [-0.3, -0.25) is 0 Å². The Bertz CT molecular complexity index is 1660. The fourth-order valence-corrected chi connectivity index (χ4v) is 5.58. The van der Waals surface area contributed by atoms with Crippen molar-refractivity contribution >= 4 is 17.6 Å². The monoisotopic (exact) mass is 652 g/mol. The van der Waals surface area contributed by atoms with E-state index in [9.17, 15) is 36.2 Å². The molecule has 0 saturated carbocycles. The molecule has 1 saturated heterocycles. The molecule has 0 aliphatic carbocycles. The van der Waals surface area contributed by atoms with E-state index in [0.717, 1.165) is 24.1 Å². The lowest BCUT2D eigenvalue weighted by Gasteiger charge is -2.17. The molecule has 0 amide bonds. The molecule has 7 nitrogen and oxygen atoms in total. The summed E-state index contributed by atoms with van der Waals surface area (Å²) in [4.78, 5) is 17.8. The van der Waals surface area contributed by atoms with Gasteiger partial charge in [0.15, 0.2) is 11.5 Å². The lowest BCUT2D eigenvalue weighted by Crippen LogP contribution is -2.23. The topological polar surface area (TPSA) is 80.5 Å². The standard InChI is InChI=1S/C31H27ClF6N4O3/c32-24-5-1-4-22(25-6-2-7-26(40-25)42-28(31(36,37)38)23(16-39-42)29(43)44)27(24)45-18-19-8-10-20(11-9-19)21-12-15-41(17-21)14-3-13-30(33,34)35/h1-2,4-11,16,21H,3,12-15,17-18H2,(H,43,44)/t21-/m1/s1. The van der Waals surface area contributed by atoms with Gasteiger partial charge in [-0.15, -0.1) is 0 Å². The van der Waals surface area contributed by atoms with Gasteiger partial charge in [0.2, 0.25) is 0 Å². The van der Waals surface area contributed by atoms with Crippen LogP contribution in [0.1, 0.15) is 52.4 Å². The summed E-state index contributed by atoms with van der Waals surface area (Å²) in [6, 6.07) is 16.9. The number of halogens is 7. The molecule has 238 valence electrons. The Morgan fingerprint density at radius 1 is 1.02 bits per heavy atom. The Morgan fingerprint density at radius 2 is 1.76 bits per heavy atom. The number of hydrogen-bond acceptors (Lipinski definition) is 5. The number of likely N-dealkylation sites (tertiary alicyclic amines) is 1. The number of carboxylic acids is 1. The minimum Gasteiger partial charge on any atom is -0.487 e. The van der Waals surface area contributed by atoms with Gasteiger partial charge in [0.05, 0.1) is 16.9 Å². The van der Waals surface area contributed by atoms with E-state index in [1.165, 1.54) is 12.1 Å². The van der Waals surface area contributed by atoms with E-state index < -0.39 is 36.0 Å². The number of carboxylic acid groups (broad SMARTS) is 1. The molecule has 1 aliphatic rings. The second-order valence-electron chi connectivity index (χ2n) is 10.7. The average Bonchev–Trinajstić information content (AvgIpc) is 3.64. The molecule has 45 heavy (non-hydrogen) atoms. The zero-order chi connectivity index (χ0) is 32.4. The molecule has 0 radical (unpaired) electrons. The van der Waals surface area contributed by atoms with Gasteiger partial charge >= 0.3 is 18.3 Å². The lowest BCUT2D eigenvalue weighted by molar-refractivity contribution is -0.143. The number of ether oxygens (including phenoxy) is 1. The van der Waals surface area contributed by atoms with Gasteiger partial charge in [-0.25, -0.2) is 14.5 Å². The first-order chi connectivity index (χ1) is 21.3. The smallest absolute Gasteiger partial charge is 0.434 e. The number of benzene rings is 2. The highest BCUT2D eigenvalue weighted by Gasteiger charge is 2.41. The number of carbonyl (C=O) groups is 1. The summed E-state index contributed by atoms with van der Waals surface area (Å²) in [5.41, 5.74) is 0.0630. The minimum atomic E-state index is -5.00. The van der Waals surface area contributed by atoms with Crippen molar-refractivity contribution in [2.24, 2.45) is 0 Å². The molecule has 0 spiro atoms. The molecule has 4 aromatic rings. The average molecular weight is 653 g/mol. The van der Waals surface area contributed by atoms with Crippen LogP contribution in [0.25, 0.3) is 17.1 Å². The van der Waals surface area contributed by atoms with Crippen molar-refractivity contribution in [1.29, 1.82) is 0 Å². The van der Waals surface area contributed by atoms with E-state index >= 15 is 0 Å². The molecule has 1 aliphatic heterocycles. The van der Waals surface area contributed by atoms with Gasteiger partial charge in [-0.2, -0.15) is 31.4 Å². The van der Waals surface area contributed by atoms with Crippen molar-refractivity contribution in [3.05, 3.63) is 94.3 Å². The van der Waals surface area contributed by atoms with E-state index in [1.807, 2.05) is 24.3 Å². The predicted molar refractivity (Wildman–Crippen MR) is 154 cm³/mol. The molecule has 2 aromatic carbocycles. The summed E-state index contributed by atoms with van der Waals surface area (Å²) in [6.45, 7) is 1.97. The van der Waals surface area contributed by atoms with Crippen molar-refractivity contribution < 1.29 is 41.0 Å². The van der Waals surface area contributed by atoms with Crippen molar-refractivity contribution in [2.75, 3.05) is 19.6 Å². The number of aromatic nitrogens is 3. The largest absolute Gasteiger partial charge is 0.487 e. The van der Waals surface area contributed by atoms with E-state index in [0.29, 0.717) is 29.5 Å². The summed E-state index contributed by atoms with van der Waals surface area (Å²) in [5.74, 6) is -1.55. The molecule has 1 atom stereocenters. The molecule has 14 heteroatoms. The highest BCUT2D eigenvalue weighted by molar-refractivity contribution is 6.32. The Hall–Kier alpha value is -4.10. The molecule has 1 N–H and O–H groups in total. The van der Waals surface area contributed by atoms with Crippen molar-refractivity contribution in [3.63, 3.8) is 0 Å². The fourth-order valence-electron chi connectivity index (χ4n) is 5.35. The number of pyridine rings is 1. The molecule has 3 heterocycles. The number of alkyl halides is 6. The Labute approximate surface area is 259 Å². The van der Waals surface area contributed by atoms with Crippen molar-refractivity contribution in [3.8, 4) is 22.8 Å². The van der Waals surface area contributed by atoms with E-state index in [1.54, 1.807) is 24.3 Å². The first kappa shape index (κ1) is 32.3. The molecular formula is C31H27ClF6N4O3. The molecule has 0 unspecified atom stereocenters. The number of para-hydroxylation sites is 1. The predicted octanol–water partition coefficient (Wildman–Crippen LogP) is 8.02. The number of hydrogen-bond donors (Lipinski definition) is 1. The maximum atomic E-state index is 13.8. The number of nitrogens with zero attached hydrogens (tertiary/aromatic N) is 4. The number of aromatic carboxylic acids is 1. The minimum absolute atomic E-state index is 0.0832. The highest BCUT2D eigenvalue weighted by Crippen LogP contribution is 2.38. The van der Waals surface area contributed by atoms with Crippen LogP contribution in [0.4, 0.5) is 26.3 Å². The van der Waals surface area contributed by atoms with E-state index in [-0.39, 0.29) is 41.2 Å². The van der Waals surface area contributed by atoms with Crippen LogP contribution in [0.15, 0.2) is 66.9 Å². The van der Waals surface area contributed by atoms with Crippen LogP contribution >= 0.6 is 11.6 Å². The summed E-state index contributed by atoms with van der Waals surface area (Å²) >= 11 is 6.46. The van der Waals surface area contributed by atoms with Crippen molar-refractivity contribution in [2.45, 2.75) is 44.1 Å². The molecule has 0 bridgehead atoms. The maximum absolute atomic E-state index is 13.8. The Kier molecular flexibility index (Phi) is 9.40. The van der Waals surface area contributed by atoms with Crippen LogP contribution in [0, 0.1) is 0 Å². The SMILES string of the molecule is O=C(O)c1cnn(-c2cccc(-c3cccc(Cl)c3OCc3ccc([C@@H]4CCN(CCCC(F)(F)F)C4)cc3)n2)c1C(F)(F)F. The van der Waals surface area contributed by atoms with Crippen LogP contribution in [0.5, 0.6) is 5.75 Å². The summed E-state index contributed by atoms with van der Waals surface area (Å²) in [6.07, 6.45) is -8.36. The summed E-state index contributed by atoms with van der Waals surface area (Å²) < 4.78 is 85.2. The van der Waals surface area contributed by atoms with Gasteiger partial charge in [0.25, 0.3) is 0 Å². The second kappa shape index (κ2) is 13.1. The van der Waals surface area contributed by atoms with Crippen LogP contribution in [0.2, 0.25) is 5.02 Å². The first-order valence-electron chi connectivity index (χ1n) is 14.0. The zero-order valence-corrected chi connectivity index (χ0v) is 24.3. The quantitative estimate of drug-likeness (QED) is 0.175. The van der Waals surface area contributed by atoms with Gasteiger partial charge in [0, 0.05) is 18.5 Å². The third kappa shape index (κ3) is 7.77. The third-order valence-electron chi connectivity index (χ3n) is 7.50. The van der Waals surface area contributed by atoms with Crippen molar-refractivity contribution in [1.82, 2.24) is 19.7 Å². The molecular weight excluding hydrogens is 626 g/mol. The van der Waals surface area contributed by atoms with E-state index in [4.69, 9.17) is 16.3 Å². The lowest BCUT2D eigenvalue weighted by atomic mass is 9.97. The van der Waals surface area contributed by atoms with Crippen LogP contribution < -0.4 is 4.74 Å². The summed E-state index contributed by atoms with van der Waals surface area (Å²) in [7, 11) is 0. The highest BCUT2D eigenvalue weighted by atomic mass is 35.5. The Morgan fingerprint density at radius 3 is 2.44 bits per heavy atom. The molecule has 1 fully saturated rings. The van der Waals surface area contributed by atoms with Gasteiger partial charge in [-0.05, 0) is 67.2 Å². The Balaban J connectivity index is 1.30. The third-order valence-corrected chi connectivity index (χ3v) is 7.80.